The third-order valence-corrected chi connectivity index (χ3v) is 4.87. The van der Waals surface area contributed by atoms with E-state index in [2.05, 4.69) is 0 Å². The molecule has 0 spiro atoms. The van der Waals surface area contributed by atoms with Crippen molar-refractivity contribution in [1.29, 1.82) is 0 Å². The number of amides is 1. The van der Waals surface area contributed by atoms with Crippen molar-refractivity contribution in [2.24, 2.45) is 5.73 Å². The molecule has 0 aromatic rings. The first-order chi connectivity index (χ1) is 20.2. The molecule has 0 aliphatic heterocycles. The van der Waals surface area contributed by atoms with Gasteiger partial charge in [-0.25, -0.2) is 0 Å². The molecule has 0 unspecified atom stereocenters. The smallest absolute Gasteiger partial charge is 0.246 e. The van der Waals surface area contributed by atoms with E-state index < -0.39 is 0 Å². The summed E-state index contributed by atoms with van der Waals surface area (Å²) in [5.74, 6) is -0.243. The number of likely N-dealkylation sites (N-methyl/N-ethyl adjacent to an activating group) is 1. The summed E-state index contributed by atoms with van der Waals surface area (Å²) in [6.45, 7) is 10.8. The highest BCUT2D eigenvalue weighted by atomic mass is 16.6. The van der Waals surface area contributed by atoms with Gasteiger partial charge in [0, 0.05) is 26.2 Å². The fraction of sp³-hybridized carbons (Fsp3) is 0.852. The minimum Gasteiger partial charge on any atom is -0.378 e. The molecule has 0 fully saturated rings. The maximum absolute atomic E-state index is 11.6. The van der Waals surface area contributed by atoms with Crippen LogP contribution in [0.1, 0.15) is 0 Å². The van der Waals surface area contributed by atoms with E-state index in [9.17, 15) is 9.59 Å². The SMILES string of the molecule is CN(CCOCCOCCOCCOCCOCCOCCOCCOCCOCCOCCN)C(=O)/C=C\C=O. The number of hydrogen-bond acceptors (Lipinski definition) is 13. The average Bonchev–Trinajstić information content (AvgIpc) is 2.98. The monoisotopic (exact) mass is 596 g/mol. The van der Waals surface area contributed by atoms with E-state index in [4.69, 9.17) is 53.1 Å². The molecule has 14 nitrogen and oxygen atoms in total. The number of aldehydes is 1. The maximum atomic E-state index is 11.6. The summed E-state index contributed by atoms with van der Waals surface area (Å²) >= 11 is 0. The lowest BCUT2D eigenvalue weighted by Crippen LogP contribution is -2.29. The van der Waals surface area contributed by atoms with Gasteiger partial charge in [-0.2, -0.15) is 0 Å². The third kappa shape index (κ3) is 32.8. The van der Waals surface area contributed by atoms with E-state index in [0.29, 0.717) is 152 Å². The molecule has 242 valence electrons. The molecule has 1 amide bonds. The number of allylic oxidation sites excluding steroid dienone is 1. The predicted molar refractivity (Wildman–Crippen MR) is 150 cm³/mol. The number of rotatable bonds is 34. The van der Waals surface area contributed by atoms with Crippen LogP contribution in [0.2, 0.25) is 0 Å². The van der Waals surface area contributed by atoms with Crippen molar-refractivity contribution in [3.05, 3.63) is 12.2 Å². The third-order valence-electron chi connectivity index (χ3n) is 4.87. The standard InChI is InChI=1S/C27H52N2O12/c1-29(27(31)3-2-6-30)5-8-33-10-12-35-14-16-37-18-20-39-22-24-41-26-25-40-23-21-38-19-17-36-15-13-34-11-9-32-7-4-28/h2-3,6H,4-5,7-26,28H2,1H3/b3-2-. The molecule has 14 heteroatoms. The molecular weight excluding hydrogens is 544 g/mol. The number of ether oxygens (including phenoxy) is 10. The number of nitrogens with two attached hydrogens (primary N) is 1. The highest BCUT2D eigenvalue weighted by Crippen LogP contribution is 1.89. The fourth-order valence-corrected chi connectivity index (χ4v) is 2.73. The zero-order chi connectivity index (χ0) is 29.9. The molecular formula is C27H52N2O12. The Hall–Kier alpha value is -1.56. The molecule has 0 aromatic carbocycles. The van der Waals surface area contributed by atoms with Gasteiger partial charge in [0.15, 0.2) is 0 Å². The topological polar surface area (TPSA) is 156 Å². The van der Waals surface area contributed by atoms with Crippen LogP contribution in [-0.4, -0.2) is 169 Å². The van der Waals surface area contributed by atoms with E-state index in [0.717, 1.165) is 6.08 Å². The summed E-state index contributed by atoms with van der Waals surface area (Å²) < 4.78 is 54.0. The number of carbonyl (C=O) groups is 2. The van der Waals surface area contributed by atoms with Crippen LogP contribution in [0.5, 0.6) is 0 Å². The van der Waals surface area contributed by atoms with E-state index >= 15 is 0 Å². The average molecular weight is 597 g/mol. The van der Waals surface area contributed by atoms with E-state index in [1.54, 1.807) is 7.05 Å². The summed E-state index contributed by atoms with van der Waals surface area (Å²) in [6.07, 6.45) is 2.95. The van der Waals surface area contributed by atoms with Crippen molar-refractivity contribution in [2.75, 3.05) is 152 Å². The van der Waals surface area contributed by atoms with Crippen molar-refractivity contribution < 1.29 is 57.0 Å². The molecule has 0 saturated heterocycles. The van der Waals surface area contributed by atoms with Crippen molar-refractivity contribution >= 4 is 12.2 Å². The molecule has 0 saturated carbocycles. The molecule has 41 heavy (non-hydrogen) atoms. The Bertz CT molecular complexity index is 586. The van der Waals surface area contributed by atoms with E-state index in [-0.39, 0.29) is 5.91 Å². The lowest BCUT2D eigenvalue weighted by molar-refractivity contribution is -0.125. The highest BCUT2D eigenvalue weighted by Gasteiger charge is 2.03. The normalized spacial score (nSPS) is 11.5. The molecule has 0 heterocycles. The summed E-state index contributed by atoms with van der Waals surface area (Å²) in [6, 6.07) is 0. The highest BCUT2D eigenvalue weighted by molar-refractivity contribution is 5.90. The molecule has 0 aliphatic carbocycles. The minimum absolute atomic E-state index is 0.243. The summed E-state index contributed by atoms with van der Waals surface area (Å²) in [4.78, 5) is 23.2. The Morgan fingerprint density at radius 1 is 0.512 bits per heavy atom. The lowest BCUT2D eigenvalue weighted by atomic mass is 10.4. The van der Waals surface area contributed by atoms with Gasteiger partial charge in [-0.05, 0) is 6.08 Å². The van der Waals surface area contributed by atoms with Gasteiger partial charge in [0.05, 0.1) is 132 Å². The van der Waals surface area contributed by atoms with Gasteiger partial charge in [0.25, 0.3) is 0 Å². The predicted octanol–water partition coefficient (Wildman–Crippen LogP) is -0.675. The number of carbonyl (C=O) groups excluding carboxylic acids is 2. The Balaban J connectivity index is 3.12. The summed E-state index contributed by atoms with van der Waals surface area (Å²) in [7, 11) is 1.64. The van der Waals surface area contributed by atoms with Crippen LogP contribution in [-0.2, 0) is 57.0 Å². The van der Waals surface area contributed by atoms with Crippen LogP contribution in [0, 0.1) is 0 Å². The van der Waals surface area contributed by atoms with Gasteiger partial charge in [-0.3, -0.25) is 9.59 Å². The molecule has 0 bridgehead atoms. The van der Waals surface area contributed by atoms with Crippen LogP contribution in [0.3, 0.4) is 0 Å². The number of nitrogens with zero attached hydrogens (tertiary/aromatic N) is 1. The van der Waals surface area contributed by atoms with Crippen LogP contribution >= 0.6 is 0 Å². The van der Waals surface area contributed by atoms with Gasteiger partial charge in [0.2, 0.25) is 5.91 Å². The fourth-order valence-electron chi connectivity index (χ4n) is 2.73. The molecule has 2 N–H and O–H groups in total. The molecule has 0 atom stereocenters. The largest absolute Gasteiger partial charge is 0.378 e. The maximum Gasteiger partial charge on any atom is 0.246 e. The Labute approximate surface area is 244 Å². The van der Waals surface area contributed by atoms with Crippen molar-refractivity contribution in [1.82, 2.24) is 4.90 Å². The second-order valence-corrected chi connectivity index (χ2v) is 8.17. The lowest BCUT2D eigenvalue weighted by Gasteiger charge is -2.14. The van der Waals surface area contributed by atoms with Crippen LogP contribution in [0.15, 0.2) is 12.2 Å². The second-order valence-electron chi connectivity index (χ2n) is 8.17. The first-order valence-corrected chi connectivity index (χ1v) is 14.1. The van der Waals surface area contributed by atoms with E-state index in [1.807, 2.05) is 0 Å². The van der Waals surface area contributed by atoms with Gasteiger partial charge in [-0.1, -0.05) is 0 Å². The van der Waals surface area contributed by atoms with E-state index in [1.165, 1.54) is 11.0 Å². The Kier molecular flexibility index (Phi) is 33.3. The first-order valence-electron chi connectivity index (χ1n) is 14.1. The van der Waals surface area contributed by atoms with Gasteiger partial charge in [0.1, 0.15) is 6.29 Å². The molecule has 0 rings (SSSR count). The summed E-state index contributed by atoms with van der Waals surface area (Å²) in [5, 5.41) is 0. The molecule has 0 radical (unpaired) electrons. The Morgan fingerprint density at radius 2 is 0.780 bits per heavy atom. The molecule has 0 aliphatic rings. The van der Waals surface area contributed by atoms with Crippen molar-refractivity contribution in [3.8, 4) is 0 Å². The van der Waals surface area contributed by atoms with Crippen molar-refractivity contribution in [2.45, 2.75) is 0 Å². The van der Waals surface area contributed by atoms with Crippen LogP contribution in [0.25, 0.3) is 0 Å². The summed E-state index contributed by atoms with van der Waals surface area (Å²) in [5.41, 5.74) is 5.32. The number of hydrogen-bond donors (Lipinski definition) is 1. The van der Waals surface area contributed by atoms with Gasteiger partial charge >= 0.3 is 0 Å². The first kappa shape index (κ1) is 39.4. The quantitative estimate of drug-likeness (QED) is 0.0567. The molecule has 0 aromatic heterocycles. The minimum atomic E-state index is -0.243. The van der Waals surface area contributed by atoms with Crippen molar-refractivity contribution in [3.63, 3.8) is 0 Å². The van der Waals surface area contributed by atoms with Gasteiger partial charge in [-0.15, -0.1) is 0 Å². The van der Waals surface area contributed by atoms with Gasteiger partial charge < -0.3 is 58.0 Å². The van der Waals surface area contributed by atoms with Crippen LogP contribution in [0.4, 0.5) is 0 Å². The zero-order valence-corrected chi connectivity index (χ0v) is 24.7. The van der Waals surface area contributed by atoms with Crippen LogP contribution < -0.4 is 5.73 Å². The zero-order valence-electron chi connectivity index (χ0n) is 24.7. The second kappa shape index (κ2) is 34.6. The Morgan fingerprint density at radius 3 is 1.05 bits per heavy atom.